The molecule has 0 bridgehead atoms. The van der Waals surface area contributed by atoms with Gasteiger partial charge < -0.3 is 4.90 Å². The van der Waals surface area contributed by atoms with Crippen LogP contribution in [0.25, 0.3) is 0 Å². The first-order chi connectivity index (χ1) is 9.00. The van der Waals surface area contributed by atoms with E-state index in [1.165, 1.54) is 4.88 Å². The first kappa shape index (κ1) is 14.5. The van der Waals surface area contributed by atoms with Crippen molar-refractivity contribution in [3.8, 4) is 0 Å². The van der Waals surface area contributed by atoms with Crippen LogP contribution in [0.1, 0.15) is 45.2 Å². The maximum Gasteiger partial charge on any atom is 0.241 e. The van der Waals surface area contributed by atoms with E-state index in [1.807, 2.05) is 4.90 Å². The van der Waals surface area contributed by atoms with Crippen LogP contribution in [-0.2, 0) is 4.79 Å². The Morgan fingerprint density at radius 3 is 2.63 bits per heavy atom. The fourth-order valence-corrected chi connectivity index (χ4v) is 3.23. The van der Waals surface area contributed by atoms with Crippen molar-refractivity contribution in [3.05, 3.63) is 22.4 Å². The van der Waals surface area contributed by atoms with Gasteiger partial charge in [-0.3, -0.25) is 10.1 Å². The van der Waals surface area contributed by atoms with E-state index in [9.17, 15) is 4.79 Å². The molecule has 1 amide bonds. The average molecular weight is 280 g/mol. The summed E-state index contributed by atoms with van der Waals surface area (Å²) in [6, 6.07) is 4.12. The van der Waals surface area contributed by atoms with Crippen LogP contribution in [0.15, 0.2) is 17.5 Å². The van der Waals surface area contributed by atoms with Crippen molar-refractivity contribution in [1.82, 2.24) is 10.2 Å². The summed E-state index contributed by atoms with van der Waals surface area (Å²) in [5, 5.41) is 5.58. The molecular formula is C15H24N2OS. The van der Waals surface area contributed by atoms with Gasteiger partial charge in [-0.15, -0.1) is 11.3 Å². The molecule has 2 rings (SSSR count). The molecule has 1 aliphatic heterocycles. The molecule has 19 heavy (non-hydrogen) atoms. The Hall–Kier alpha value is -0.870. The fraction of sp³-hybridized carbons (Fsp3) is 0.667. The van der Waals surface area contributed by atoms with Gasteiger partial charge in [0, 0.05) is 11.4 Å². The van der Waals surface area contributed by atoms with Crippen LogP contribution in [0.2, 0.25) is 0 Å². The maximum absolute atomic E-state index is 12.5. The van der Waals surface area contributed by atoms with E-state index in [4.69, 9.17) is 0 Å². The number of carbonyl (C=O) groups is 1. The minimum Gasteiger partial charge on any atom is -0.321 e. The minimum absolute atomic E-state index is 0.0423. The molecule has 1 saturated heterocycles. The molecule has 0 aliphatic carbocycles. The molecule has 0 spiro atoms. The van der Waals surface area contributed by atoms with E-state index in [2.05, 4.69) is 50.5 Å². The Balaban J connectivity index is 2.16. The van der Waals surface area contributed by atoms with Crippen molar-refractivity contribution in [2.45, 2.75) is 46.3 Å². The molecule has 0 aromatic carbocycles. The van der Waals surface area contributed by atoms with Gasteiger partial charge in [-0.2, -0.15) is 0 Å². The van der Waals surface area contributed by atoms with E-state index in [0.717, 1.165) is 13.0 Å². The summed E-state index contributed by atoms with van der Waals surface area (Å²) in [6.45, 7) is 9.46. The molecule has 0 saturated carbocycles. The second-order valence-electron chi connectivity index (χ2n) is 6.02. The number of amides is 1. The molecule has 2 unspecified atom stereocenters. The number of carbonyl (C=O) groups excluding carboxylic acids is 1. The van der Waals surface area contributed by atoms with Crippen LogP contribution in [-0.4, -0.2) is 23.4 Å². The molecule has 1 aromatic rings. The molecule has 1 aromatic heterocycles. The Labute approximate surface area is 120 Å². The van der Waals surface area contributed by atoms with Gasteiger partial charge in [0.1, 0.15) is 6.17 Å². The lowest BCUT2D eigenvalue weighted by atomic mass is 10.0. The third-order valence-corrected chi connectivity index (χ3v) is 4.55. The third kappa shape index (κ3) is 3.18. The van der Waals surface area contributed by atoms with Gasteiger partial charge in [-0.05, 0) is 29.7 Å². The van der Waals surface area contributed by atoms with Gasteiger partial charge in [-0.1, -0.05) is 33.8 Å². The van der Waals surface area contributed by atoms with E-state index < -0.39 is 0 Å². The number of rotatable bonds is 5. The van der Waals surface area contributed by atoms with Crippen molar-refractivity contribution < 1.29 is 4.79 Å². The van der Waals surface area contributed by atoms with Crippen molar-refractivity contribution in [1.29, 1.82) is 0 Å². The molecule has 2 atom stereocenters. The van der Waals surface area contributed by atoms with Crippen LogP contribution in [0.3, 0.4) is 0 Å². The predicted molar refractivity (Wildman–Crippen MR) is 80.0 cm³/mol. The van der Waals surface area contributed by atoms with Crippen molar-refractivity contribution >= 4 is 17.2 Å². The Morgan fingerprint density at radius 2 is 2.11 bits per heavy atom. The summed E-state index contributed by atoms with van der Waals surface area (Å²) in [5.41, 5.74) is 0. The number of hydrogen-bond donors (Lipinski definition) is 1. The fourth-order valence-electron chi connectivity index (χ4n) is 2.43. The highest BCUT2D eigenvalue weighted by Crippen LogP contribution is 2.31. The monoisotopic (exact) mass is 280 g/mol. The largest absolute Gasteiger partial charge is 0.321 e. The van der Waals surface area contributed by atoms with Crippen LogP contribution in [0, 0.1) is 11.8 Å². The molecule has 106 valence electrons. The summed E-state index contributed by atoms with van der Waals surface area (Å²) in [4.78, 5) is 15.8. The van der Waals surface area contributed by atoms with Crippen molar-refractivity contribution in [2.24, 2.45) is 11.8 Å². The zero-order valence-electron chi connectivity index (χ0n) is 12.2. The van der Waals surface area contributed by atoms with Gasteiger partial charge in [0.15, 0.2) is 0 Å². The van der Waals surface area contributed by atoms with Crippen LogP contribution in [0.5, 0.6) is 0 Å². The van der Waals surface area contributed by atoms with E-state index in [-0.39, 0.29) is 18.1 Å². The lowest BCUT2D eigenvalue weighted by molar-refractivity contribution is -0.130. The SMILES string of the molecule is CC(C)CCN1C(=O)C(C(C)C)NC1c1cccs1. The Bertz CT molecular complexity index is 414. The number of hydrogen-bond acceptors (Lipinski definition) is 3. The van der Waals surface area contributed by atoms with E-state index in [0.29, 0.717) is 11.8 Å². The summed E-state index contributed by atoms with van der Waals surface area (Å²) in [7, 11) is 0. The first-order valence-electron chi connectivity index (χ1n) is 7.10. The van der Waals surface area contributed by atoms with Crippen LogP contribution < -0.4 is 5.32 Å². The van der Waals surface area contributed by atoms with Crippen molar-refractivity contribution in [3.63, 3.8) is 0 Å². The standard InChI is InChI=1S/C15H24N2OS/c1-10(2)7-8-17-14(12-6-5-9-19-12)16-13(11(3)4)15(17)18/h5-6,9-11,13-14,16H,7-8H2,1-4H3. The number of nitrogens with zero attached hydrogens (tertiary/aromatic N) is 1. The maximum atomic E-state index is 12.5. The topological polar surface area (TPSA) is 32.3 Å². The zero-order chi connectivity index (χ0) is 14.0. The summed E-state index contributed by atoms with van der Waals surface area (Å²) in [5.74, 6) is 1.21. The average Bonchev–Trinajstić information content (AvgIpc) is 2.93. The molecule has 4 heteroatoms. The molecular weight excluding hydrogens is 256 g/mol. The van der Waals surface area contributed by atoms with Gasteiger partial charge in [0.25, 0.3) is 0 Å². The Morgan fingerprint density at radius 1 is 1.37 bits per heavy atom. The lowest BCUT2D eigenvalue weighted by Crippen LogP contribution is -2.35. The summed E-state index contributed by atoms with van der Waals surface area (Å²) >= 11 is 1.72. The number of nitrogens with one attached hydrogen (secondary N) is 1. The van der Waals surface area contributed by atoms with Gasteiger partial charge in [0.2, 0.25) is 5.91 Å². The number of thiophene rings is 1. The summed E-state index contributed by atoms with van der Waals surface area (Å²) < 4.78 is 0. The smallest absolute Gasteiger partial charge is 0.241 e. The highest BCUT2D eigenvalue weighted by Gasteiger charge is 2.40. The summed E-state index contributed by atoms with van der Waals surface area (Å²) in [6.07, 6.45) is 1.12. The van der Waals surface area contributed by atoms with E-state index in [1.54, 1.807) is 11.3 Å². The molecule has 2 heterocycles. The first-order valence-corrected chi connectivity index (χ1v) is 7.98. The van der Waals surface area contributed by atoms with E-state index >= 15 is 0 Å². The van der Waals surface area contributed by atoms with Crippen LogP contribution >= 0.6 is 11.3 Å². The molecule has 1 fully saturated rings. The Kier molecular flexibility index (Phi) is 4.63. The van der Waals surface area contributed by atoms with Crippen LogP contribution in [0.4, 0.5) is 0 Å². The third-order valence-electron chi connectivity index (χ3n) is 3.62. The second-order valence-corrected chi connectivity index (χ2v) is 7.00. The van der Waals surface area contributed by atoms with Gasteiger partial charge in [0.05, 0.1) is 6.04 Å². The molecule has 0 radical (unpaired) electrons. The quantitative estimate of drug-likeness (QED) is 0.898. The minimum atomic E-state index is -0.0423. The highest BCUT2D eigenvalue weighted by molar-refractivity contribution is 7.10. The van der Waals surface area contributed by atoms with Gasteiger partial charge in [-0.25, -0.2) is 0 Å². The highest BCUT2D eigenvalue weighted by atomic mass is 32.1. The normalized spacial score (nSPS) is 23.9. The predicted octanol–water partition coefficient (Wildman–Crippen LogP) is 3.25. The second kappa shape index (κ2) is 6.06. The van der Waals surface area contributed by atoms with Crippen molar-refractivity contribution in [2.75, 3.05) is 6.54 Å². The lowest BCUT2D eigenvalue weighted by Gasteiger charge is -2.24. The molecule has 1 N–H and O–H groups in total. The molecule has 1 aliphatic rings. The molecule has 3 nitrogen and oxygen atoms in total. The van der Waals surface area contributed by atoms with Gasteiger partial charge >= 0.3 is 0 Å². The zero-order valence-corrected chi connectivity index (χ0v) is 13.0.